The number of likely N-dealkylation sites (tertiary alicyclic amines) is 1. The molecule has 1 unspecified atom stereocenters. The van der Waals surface area contributed by atoms with E-state index in [4.69, 9.17) is 9.47 Å². The Hall–Kier alpha value is -3.94. The molecular formula is C33H36N2O5. The predicted octanol–water partition coefficient (Wildman–Crippen LogP) is 5.03. The van der Waals surface area contributed by atoms with Crippen molar-refractivity contribution in [2.45, 2.75) is 32.9 Å². The maximum Gasteiger partial charge on any atom is 0.295 e. The number of rotatable bonds is 9. The Bertz CT molecular complexity index is 1370. The second-order valence-electron chi connectivity index (χ2n) is 10.5. The third-order valence-electron chi connectivity index (χ3n) is 7.53. The SMILES string of the molecule is Cc1ccc(C2/C(=C(/O)c3ccc(OCc4cccc(C)c4)cc3)C(=O)C(=O)N2CCCN2CCOCC2)cc1. The van der Waals surface area contributed by atoms with Crippen LogP contribution in [0.5, 0.6) is 5.75 Å². The van der Waals surface area contributed by atoms with Crippen molar-refractivity contribution in [1.29, 1.82) is 0 Å². The van der Waals surface area contributed by atoms with Crippen LogP contribution in [0.25, 0.3) is 5.76 Å². The van der Waals surface area contributed by atoms with Crippen LogP contribution in [0.1, 0.15) is 40.3 Å². The van der Waals surface area contributed by atoms with E-state index in [1.807, 2.05) is 56.3 Å². The predicted molar refractivity (Wildman–Crippen MR) is 154 cm³/mol. The molecule has 1 amide bonds. The van der Waals surface area contributed by atoms with Crippen molar-refractivity contribution >= 4 is 17.4 Å². The molecule has 0 spiro atoms. The van der Waals surface area contributed by atoms with E-state index in [1.165, 1.54) is 5.56 Å². The molecule has 0 saturated carbocycles. The first kappa shape index (κ1) is 27.6. The molecule has 1 N–H and O–H groups in total. The molecule has 7 heteroatoms. The molecule has 3 aromatic carbocycles. The van der Waals surface area contributed by atoms with E-state index in [2.05, 4.69) is 11.0 Å². The number of benzene rings is 3. The van der Waals surface area contributed by atoms with Gasteiger partial charge in [0, 0.05) is 31.7 Å². The molecule has 2 heterocycles. The summed E-state index contributed by atoms with van der Waals surface area (Å²) in [6, 6.07) is 22.2. The van der Waals surface area contributed by atoms with Crippen LogP contribution in [0.4, 0.5) is 0 Å². The average Bonchev–Trinajstić information content (AvgIpc) is 3.22. The first-order valence-electron chi connectivity index (χ1n) is 13.8. The lowest BCUT2D eigenvalue weighted by molar-refractivity contribution is -0.140. The fraction of sp³-hybridized carbons (Fsp3) is 0.333. The number of ether oxygens (including phenoxy) is 2. The molecule has 2 aliphatic rings. The number of ketones is 1. The quantitative estimate of drug-likeness (QED) is 0.233. The molecule has 0 aromatic heterocycles. The highest BCUT2D eigenvalue weighted by Gasteiger charge is 2.45. The van der Waals surface area contributed by atoms with Gasteiger partial charge in [-0.15, -0.1) is 0 Å². The molecule has 208 valence electrons. The van der Waals surface area contributed by atoms with Gasteiger partial charge in [0.15, 0.2) is 0 Å². The number of carbonyl (C=O) groups excluding carboxylic acids is 2. The summed E-state index contributed by atoms with van der Waals surface area (Å²) in [5.41, 5.74) is 4.70. The number of morpholine rings is 1. The van der Waals surface area contributed by atoms with Gasteiger partial charge in [-0.2, -0.15) is 0 Å². The Morgan fingerprint density at radius 1 is 0.925 bits per heavy atom. The number of nitrogens with zero attached hydrogens (tertiary/aromatic N) is 2. The van der Waals surface area contributed by atoms with Crippen molar-refractivity contribution in [3.05, 3.63) is 106 Å². The van der Waals surface area contributed by atoms with Gasteiger partial charge in [-0.1, -0.05) is 59.7 Å². The van der Waals surface area contributed by atoms with Crippen LogP contribution in [0, 0.1) is 13.8 Å². The minimum atomic E-state index is -0.658. The van der Waals surface area contributed by atoms with Crippen LogP contribution in [-0.2, 0) is 20.9 Å². The fourth-order valence-electron chi connectivity index (χ4n) is 5.33. The maximum atomic E-state index is 13.3. The minimum absolute atomic E-state index is 0.119. The van der Waals surface area contributed by atoms with Crippen LogP contribution in [0.2, 0.25) is 0 Å². The van der Waals surface area contributed by atoms with Crippen molar-refractivity contribution in [3.63, 3.8) is 0 Å². The number of Topliss-reactive ketones (excluding diaryl/α,β-unsaturated/α-hetero) is 1. The molecule has 0 aliphatic carbocycles. The molecule has 2 saturated heterocycles. The van der Waals surface area contributed by atoms with Crippen LogP contribution in [0.15, 0.2) is 78.4 Å². The second kappa shape index (κ2) is 12.5. The summed E-state index contributed by atoms with van der Waals surface area (Å²) in [5.74, 6) is -0.761. The summed E-state index contributed by atoms with van der Waals surface area (Å²) in [7, 11) is 0. The first-order valence-corrected chi connectivity index (χ1v) is 13.8. The molecule has 2 aliphatic heterocycles. The van der Waals surface area contributed by atoms with E-state index in [0.717, 1.165) is 42.7 Å². The monoisotopic (exact) mass is 540 g/mol. The van der Waals surface area contributed by atoms with Crippen molar-refractivity contribution < 1.29 is 24.2 Å². The largest absolute Gasteiger partial charge is 0.507 e. The molecule has 1 atom stereocenters. The van der Waals surface area contributed by atoms with Gasteiger partial charge in [-0.05, 0) is 55.7 Å². The first-order chi connectivity index (χ1) is 19.4. The standard InChI is InChI=1S/C33H36N2O5/c1-23-7-9-26(10-8-23)30-29(32(37)33(38)35(30)16-4-15-34-17-19-39-20-18-34)31(36)27-11-13-28(14-12-27)40-22-25-6-3-5-24(2)21-25/h3,5-14,21,30,36H,4,15-20,22H2,1-2H3/b31-29-. The third-order valence-corrected chi connectivity index (χ3v) is 7.53. The van der Waals surface area contributed by atoms with Gasteiger partial charge in [0.1, 0.15) is 18.1 Å². The van der Waals surface area contributed by atoms with Crippen molar-refractivity contribution in [1.82, 2.24) is 9.80 Å². The number of hydrogen-bond donors (Lipinski definition) is 1. The van der Waals surface area contributed by atoms with E-state index in [1.54, 1.807) is 29.2 Å². The zero-order valence-corrected chi connectivity index (χ0v) is 23.1. The van der Waals surface area contributed by atoms with E-state index in [0.29, 0.717) is 37.7 Å². The summed E-state index contributed by atoms with van der Waals surface area (Å²) >= 11 is 0. The molecule has 2 fully saturated rings. The van der Waals surface area contributed by atoms with Gasteiger partial charge in [-0.25, -0.2) is 0 Å². The van der Waals surface area contributed by atoms with Gasteiger partial charge >= 0.3 is 0 Å². The highest BCUT2D eigenvalue weighted by atomic mass is 16.5. The summed E-state index contributed by atoms with van der Waals surface area (Å²) in [6.07, 6.45) is 0.725. The second-order valence-corrected chi connectivity index (χ2v) is 10.5. The molecule has 7 nitrogen and oxygen atoms in total. The number of hydrogen-bond acceptors (Lipinski definition) is 6. The van der Waals surface area contributed by atoms with Gasteiger partial charge < -0.3 is 19.5 Å². The van der Waals surface area contributed by atoms with Gasteiger partial charge in [0.05, 0.1) is 24.8 Å². The van der Waals surface area contributed by atoms with Gasteiger partial charge in [0.25, 0.3) is 11.7 Å². The van der Waals surface area contributed by atoms with Crippen molar-refractivity contribution in [2.24, 2.45) is 0 Å². The molecular weight excluding hydrogens is 504 g/mol. The summed E-state index contributed by atoms with van der Waals surface area (Å²) in [6.45, 7) is 8.85. The minimum Gasteiger partial charge on any atom is -0.507 e. The number of aliphatic hydroxyl groups excluding tert-OH is 1. The topological polar surface area (TPSA) is 79.3 Å². The normalized spacial score (nSPS) is 19.2. The van der Waals surface area contributed by atoms with Crippen LogP contribution < -0.4 is 4.74 Å². The number of amides is 1. The third kappa shape index (κ3) is 6.27. The lowest BCUT2D eigenvalue weighted by Gasteiger charge is -2.29. The summed E-state index contributed by atoms with van der Waals surface area (Å²) in [5, 5.41) is 11.4. The Morgan fingerprint density at radius 2 is 1.65 bits per heavy atom. The molecule has 40 heavy (non-hydrogen) atoms. The Labute approximate surface area is 235 Å². The summed E-state index contributed by atoms with van der Waals surface area (Å²) < 4.78 is 11.3. The van der Waals surface area contributed by atoms with Crippen LogP contribution in [0.3, 0.4) is 0 Å². The fourth-order valence-corrected chi connectivity index (χ4v) is 5.33. The van der Waals surface area contributed by atoms with Gasteiger partial charge in [-0.3, -0.25) is 14.5 Å². The highest BCUT2D eigenvalue weighted by molar-refractivity contribution is 6.46. The van der Waals surface area contributed by atoms with E-state index < -0.39 is 17.7 Å². The Kier molecular flexibility index (Phi) is 8.63. The lowest BCUT2D eigenvalue weighted by Crippen LogP contribution is -2.38. The molecule has 3 aromatic rings. The summed E-state index contributed by atoms with van der Waals surface area (Å²) in [4.78, 5) is 30.5. The molecule has 0 bridgehead atoms. The van der Waals surface area contributed by atoms with E-state index >= 15 is 0 Å². The van der Waals surface area contributed by atoms with Crippen molar-refractivity contribution in [3.8, 4) is 5.75 Å². The maximum absolute atomic E-state index is 13.3. The Morgan fingerprint density at radius 3 is 2.35 bits per heavy atom. The average molecular weight is 541 g/mol. The van der Waals surface area contributed by atoms with Crippen LogP contribution in [-0.4, -0.2) is 66.0 Å². The smallest absolute Gasteiger partial charge is 0.295 e. The van der Waals surface area contributed by atoms with Crippen molar-refractivity contribution in [2.75, 3.05) is 39.4 Å². The highest BCUT2D eigenvalue weighted by Crippen LogP contribution is 2.39. The number of aryl methyl sites for hydroxylation is 2. The number of carbonyl (C=O) groups is 2. The van der Waals surface area contributed by atoms with Crippen LogP contribution >= 0.6 is 0 Å². The molecule has 0 radical (unpaired) electrons. The number of aliphatic hydroxyl groups is 1. The lowest BCUT2D eigenvalue weighted by atomic mass is 9.94. The molecule has 5 rings (SSSR count). The zero-order chi connectivity index (χ0) is 28.1. The van der Waals surface area contributed by atoms with E-state index in [-0.39, 0.29) is 11.3 Å². The van der Waals surface area contributed by atoms with Gasteiger partial charge in [0.2, 0.25) is 0 Å². The Balaban J connectivity index is 1.38. The van der Waals surface area contributed by atoms with E-state index in [9.17, 15) is 14.7 Å². The zero-order valence-electron chi connectivity index (χ0n) is 23.1.